The third-order valence-corrected chi connectivity index (χ3v) is 2.64. The lowest BCUT2D eigenvalue weighted by atomic mass is 10.1. The van der Waals surface area contributed by atoms with Gasteiger partial charge in [-0.15, -0.1) is 0 Å². The Labute approximate surface area is 79.8 Å². The van der Waals surface area contributed by atoms with Crippen LogP contribution in [-0.4, -0.2) is 26.2 Å². The Morgan fingerprint density at radius 1 is 1.54 bits per heavy atom. The Morgan fingerprint density at radius 2 is 2.23 bits per heavy atom. The zero-order chi connectivity index (χ0) is 9.73. The van der Waals surface area contributed by atoms with Gasteiger partial charge in [0.1, 0.15) is 0 Å². The monoisotopic (exact) mass is 185 g/mol. The number of unbranched alkanes of at least 4 members (excludes halogenated alkanes) is 1. The summed E-state index contributed by atoms with van der Waals surface area (Å²) in [4.78, 5) is 11.3. The minimum absolute atomic E-state index is 0.0449. The number of methoxy groups -OCH3 is 1. The van der Waals surface area contributed by atoms with Gasteiger partial charge < -0.3 is 10.1 Å². The van der Waals surface area contributed by atoms with Crippen LogP contribution in [-0.2, 0) is 9.53 Å². The van der Waals surface area contributed by atoms with Gasteiger partial charge in [-0.05, 0) is 25.8 Å². The molecule has 0 unspecified atom stereocenters. The van der Waals surface area contributed by atoms with E-state index in [4.69, 9.17) is 4.74 Å². The van der Waals surface area contributed by atoms with Crippen molar-refractivity contribution < 1.29 is 9.53 Å². The van der Waals surface area contributed by atoms with Gasteiger partial charge in [0.05, 0.1) is 12.5 Å². The maximum Gasteiger partial charge on any atom is 0.313 e. The van der Waals surface area contributed by atoms with Crippen LogP contribution in [0.15, 0.2) is 0 Å². The van der Waals surface area contributed by atoms with E-state index in [9.17, 15) is 4.79 Å². The van der Waals surface area contributed by atoms with Gasteiger partial charge in [0, 0.05) is 6.54 Å². The summed E-state index contributed by atoms with van der Waals surface area (Å²) < 4.78 is 4.76. The zero-order valence-electron chi connectivity index (χ0n) is 8.56. The van der Waals surface area contributed by atoms with Crippen LogP contribution in [0.5, 0.6) is 0 Å². The van der Waals surface area contributed by atoms with Crippen LogP contribution in [0.4, 0.5) is 0 Å². The summed E-state index contributed by atoms with van der Waals surface area (Å²) in [5, 5.41) is 3.30. The van der Waals surface area contributed by atoms with Crippen molar-refractivity contribution in [1.29, 1.82) is 0 Å². The molecule has 0 amide bonds. The Bertz CT molecular complexity index is 176. The zero-order valence-corrected chi connectivity index (χ0v) is 8.56. The van der Waals surface area contributed by atoms with Gasteiger partial charge >= 0.3 is 5.97 Å². The molecule has 0 heterocycles. The van der Waals surface area contributed by atoms with Crippen molar-refractivity contribution in [3.63, 3.8) is 0 Å². The highest BCUT2D eigenvalue weighted by molar-refractivity contribution is 5.80. The summed E-state index contributed by atoms with van der Waals surface area (Å²) in [5.41, 5.74) is -0.164. The molecule has 3 heteroatoms. The van der Waals surface area contributed by atoms with Gasteiger partial charge in [0.25, 0.3) is 0 Å². The first-order valence-electron chi connectivity index (χ1n) is 5.04. The number of ether oxygens (including phenoxy) is 1. The maximum absolute atomic E-state index is 11.3. The first-order valence-corrected chi connectivity index (χ1v) is 5.04. The number of nitrogens with one attached hydrogen (secondary N) is 1. The quantitative estimate of drug-likeness (QED) is 0.501. The summed E-state index contributed by atoms with van der Waals surface area (Å²) >= 11 is 0. The number of hydrogen-bond donors (Lipinski definition) is 1. The van der Waals surface area contributed by atoms with E-state index in [2.05, 4.69) is 12.2 Å². The average Bonchev–Trinajstić information content (AvgIpc) is 2.92. The predicted octanol–water partition coefficient (Wildman–Crippen LogP) is 1.33. The van der Waals surface area contributed by atoms with Crippen molar-refractivity contribution in [3.05, 3.63) is 0 Å². The fourth-order valence-electron chi connectivity index (χ4n) is 1.45. The second-order valence-corrected chi connectivity index (χ2v) is 3.80. The Morgan fingerprint density at radius 3 is 2.69 bits per heavy atom. The highest BCUT2D eigenvalue weighted by Crippen LogP contribution is 2.45. The molecule has 1 aliphatic carbocycles. The Hall–Kier alpha value is -0.570. The molecule has 1 saturated carbocycles. The lowest BCUT2D eigenvalue weighted by Crippen LogP contribution is -2.31. The van der Waals surface area contributed by atoms with Gasteiger partial charge in [-0.2, -0.15) is 0 Å². The normalized spacial score (nSPS) is 18.3. The second-order valence-electron chi connectivity index (χ2n) is 3.80. The molecular formula is C10H19NO2. The van der Waals surface area contributed by atoms with Crippen molar-refractivity contribution in [1.82, 2.24) is 5.32 Å². The molecule has 13 heavy (non-hydrogen) atoms. The van der Waals surface area contributed by atoms with Crippen LogP contribution in [0.25, 0.3) is 0 Å². The van der Waals surface area contributed by atoms with E-state index >= 15 is 0 Å². The van der Waals surface area contributed by atoms with Gasteiger partial charge in [0.15, 0.2) is 0 Å². The van der Waals surface area contributed by atoms with Crippen molar-refractivity contribution >= 4 is 5.97 Å². The molecule has 1 fully saturated rings. The van der Waals surface area contributed by atoms with Crippen LogP contribution in [0.2, 0.25) is 0 Å². The summed E-state index contributed by atoms with van der Waals surface area (Å²) in [5.74, 6) is -0.0449. The molecule has 0 bridgehead atoms. The largest absolute Gasteiger partial charge is 0.469 e. The molecule has 1 N–H and O–H groups in total. The van der Waals surface area contributed by atoms with Gasteiger partial charge in [-0.25, -0.2) is 0 Å². The number of esters is 1. The highest BCUT2D eigenvalue weighted by atomic mass is 16.5. The SMILES string of the molecule is CCCCNCC1(C(=O)OC)CC1. The summed E-state index contributed by atoms with van der Waals surface area (Å²) in [6.07, 6.45) is 4.34. The van der Waals surface area contributed by atoms with E-state index in [-0.39, 0.29) is 11.4 Å². The smallest absolute Gasteiger partial charge is 0.313 e. The van der Waals surface area contributed by atoms with E-state index in [0.29, 0.717) is 0 Å². The Kier molecular flexibility index (Phi) is 3.72. The van der Waals surface area contributed by atoms with E-state index < -0.39 is 0 Å². The second kappa shape index (κ2) is 4.61. The molecule has 0 aromatic heterocycles. The van der Waals surface area contributed by atoms with Gasteiger partial charge in [-0.1, -0.05) is 13.3 Å². The molecule has 0 aliphatic heterocycles. The number of carbonyl (C=O) groups is 1. The van der Waals surface area contributed by atoms with Crippen LogP contribution < -0.4 is 5.32 Å². The van der Waals surface area contributed by atoms with E-state index in [0.717, 1.165) is 25.9 Å². The molecule has 0 aromatic carbocycles. The fraction of sp³-hybridized carbons (Fsp3) is 0.900. The first-order chi connectivity index (χ1) is 6.25. The van der Waals surface area contributed by atoms with Crippen LogP contribution in [0.1, 0.15) is 32.6 Å². The van der Waals surface area contributed by atoms with Crippen LogP contribution in [0, 0.1) is 5.41 Å². The van der Waals surface area contributed by atoms with Gasteiger partial charge in [0.2, 0.25) is 0 Å². The molecular weight excluding hydrogens is 166 g/mol. The molecule has 0 spiro atoms. The predicted molar refractivity (Wildman–Crippen MR) is 51.5 cm³/mol. The minimum atomic E-state index is -0.164. The van der Waals surface area contributed by atoms with Crippen LogP contribution in [0.3, 0.4) is 0 Å². The van der Waals surface area contributed by atoms with Crippen molar-refractivity contribution in [2.24, 2.45) is 5.41 Å². The highest BCUT2D eigenvalue weighted by Gasteiger charge is 2.50. The lowest BCUT2D eigenvalue weighted by Gasteiger charge is -2.12. The molecule has 0 saturated heterocycles. The third kappa shape index (κ3) is 2.69. The molecule has 1 rings (SSSR count). The molecule has 1 aliphatic rings. The number of carbonyl (C=O) groups excluding carboxylic acids is 1. The van der Waals surface area contributed by atoms with Gasteiger partial charge in [-0.3, -0.25) is 4.79 Å². The molecule has 0 atom stereocenters. The third-order valence-electron chi connectivity index (χ3n) is 2.64. The summed E-state index contributed by atoms with van der Waals surface area (Å²) in [6, 6.07) is 0. The number of hydrogen-bond acceptors (Lipinski definition) is 3. The molecule has 0 radical (unpaired) electrons. The topological polar surface area (TPSA) is 38.3 Å². The number of rotatable bonds is 6. The fourth-order valence-corrected chi connectivity index (χ4v) is 1.45. The summed E-state index contributed by atoms with van der Waals surface area (Å²) in [6.45, 7) is 3.96. The minimum Gasteiger partial charge on any atom is -0.469 e. The molecule has 3 nitrogen and oxygen atoms in total. The van der Waals surface area contributed by atoms with Crippen molar-refractivity contribution in [2.75, 3.05) is 20.2 Å². The van der Waals surface area contributed by atoms with E-state index in [1.165, 1.54) is 20.0 Å². The maximum atomic E-state index is 11.3. The average molecular weight is 185 g/mol. The molecule has 0 aromatic rings. The first kappa shape index (κ1) is 10.5. The summed E-state index contributed by atoms with van der Waals surface area (Å²) in [7, 11) is 1.47. The lowest BCUT2D eigenvalue weighted by molar-refractivity contribution is -0.146. The Balaban J connectivity index is 2.16. The van der Waals surface area contributed by atoms with E-state index in [1.54, 1.807) is 0 Å². The van der Waals surface area contributed by atoms with Crippen molar-refractivity contribution in [3.8, 4) is 0 Å². The van der Waals surface area contributed by atoms with E-state index in [1.807, 2.05) is 0 Å². The van der Waals surface area contributed by atoms with Crippen molar-refractivity contribution in [2.45, 2.75) is 32.6 Å². The standard InChI is InChI=1S/C10H19NO2/c1-3-4-7-11-8-10(5-6-10)9(12)13-2/h11H,3-8H2,1-2H3. The van der Waals surface area contributed by atoms with Crippen LogP contribution >= 0.6 is 0 Å². The molecule has 76 valence electrons.